The molecule has 0 bridgehead atoms. The summed E-state index contributed by atoms with van der Waals surface area (Å²) >= 11 is 0. The highest BCUT2D eigenvalue weighted by atomic mass is 16.3. The number of benzene rings is 1. The van der Waals surface area contributed by atoms with Crippen molar-refractivity contribution in [3.05, 3.63) is 50.9 Å². The molecular formula is C15H18N4O2. The number of fused-ring (bicyclic) bond motifs is 1. The quantitative estimate of drug-likeness (QED) is 0.763. The molecule has 4 N–H and O–H groups in total. The number of nitrogens with two attached hydrogens (primary N) is 1. The molecule has 1 aromatic carbocycles. The third-order valence-electron chi connectivity index (χ3n) is 3.88. The van der Waals surface area contributed by atoms with Crippen LogP contribution < -0.4 is 11.3 Å². The summed E-state index contributed by atoms with van der Waals surface area (Å²) in [6.45, 7) is 3.79. The Bertz CT molecular complexity index is 739. The molecule has 110 valence electrons. The zero-order valence-electron chi connectivity index (χ0n) is 11.9. The van der Waals surface area contributed by atoms with Crippen molar-refractivity contribution in [3.63, 3.8) is 0 Å². The van der Waals surface area contributed by atoms with Gasteiger partial charge in [-0.25, -0.2) is 4.98 Å². The molecule has 0 saturated heterocycles. The smallest absolute Gasteiger partial charge is 0.257 e. The van der Waals surface area contributed by atoms with Gasteiger partial charge in [0, 0.05) is 31.6 Å². The fourth-order valence-electron chi connectivity index (χ4n) is 2.72. The maximum absolute atomic E-state index is 12.0. The Labute approximate surface area is 122 Å². The van der Waals surface area contributed by atoms with Crippen LogP contribution in [0.4, 0.5) is 5.95 Å². The molecule has 0 fully saturated rings. The predicted octanol–water partition coefficient (Wildman–Crippen LogP) is 0.924. The molecule has 0 saturated carbocycles. The van der Waals surface area contributed by atoms with E-state index in [9.17, 15) is 9.90 Å². The lowest BCUT2D eigenvalue weighted by Gasteiger charge is -2.27. The Balaban J connectivity index is 1.84. The summed E-state index contributed by atoms with van der Waals surface area (Å²) in [5.74, 6) is 0.496. The van der Waals surface area contributed by atoms with E-state index in [1.807, 2.05) is 25.1 Å². The number of H-pyrrole nitrogens is 1. The molecule has 6 nitrogen and oxygen atoms in total. The van der Waals surface area contributed by atoms with Gasteiger partial charge in [0.2, 0.25) is 5.95 Å². The van der Waals surface area contributed by atoms with Gasteiger partial charge < -0.3 is 10.8 Å². The summed E-state index contributed by atoms with van der Waals surface area (Å²) in [6, 6.07) is 5.71. The molecule has 0 amide bonds. The maximum atomic E-state index is 12.0. The van der Waals surface area contributed by atoms with Crippen molar-refractivity contribution in [1.82, 2.24) is 14.9 Å². The minimum Gasteiger partial charge on any atom is -0.507 e. The number of rotatable bonds is 2. The third kappa shape index (κ3) is 2.62. The minimum absolute atomic E-state index is 0.170. The predicted molar refractivity (Wildman–Crippen MR) is 79.9 cm³/mol. The summed E-state index contributed by atoms with van der Waals surface area (Å²) < 4.78 is 0. The number of aromatic hydroxyl groups is 1. The highest BCUT2D eigenvalue weighted by molar-refractivity contribution is 5.39. The lowest BCUT2D eigenvalue weighted by Crippen LogP contribution is -2.35. The lowest BCUT2D eigenvalue weighted by atomic mass is 10.0. The van der Waals surface area contributed by atoms with Crippen molar-refractivity contribution in [2.75, 3.05) is 12.3 Å². The standard InChI is InChI=1S/C15H18N4O2/c1-9-3-2-4-10(13(9)20)7-19-6-5-12-11(8-19)14(21)18-15(16)17-12/h2-4,20H,5-8H2,1H3,(H3,16,17,18,21). The Morgan fingerprint density at radius 2 is 2.29 bits per heavy atom. The van der Waals surface area contributed by atoms with Gasteiger partial charge in [-0.05, 0) is 12.5 Å². The second kappa shape index (κ2) is 5.21. The molecule has 1 aliphatic heterocycles. The van der Waals surface area contributed by atoms with Gasteiger partial charge in [0.05, 0.1) is 11.3 Å². The Kier molecular flexibility index (Phi) is 3.39. The number of phenolic OH excluding ortho intramolecular Hbond substituents is 1. The summed E-state index contributed by atoms with van der Waals surface area (Å²) in [6.07, 6.45) is 0.691. The molecule has 0 radical (unpaired) electrons. The summed E-state index contributed by atoms with van der Waals surface area (Å²) in [5, 5.41) is 10.1. The van der Waals surface area contributed by atoms with Crippen LogP contribution in [0.2, 0.25) is 0 Å². The average Bonchev–Trinajstić information content (AvgIpc) is 2.44. The molecule has 0 unspecified atom stereocenters. The van der Waals surface area contributed by atoms with Crippen LogP contribution in [0.25, 0.3) is 0 Å². The normalized spacial score (nSPS) is 14.9. The van der Waals surface area contributed by atoms with E-state index in [2.05, 4.69) is 14.9 Å². The lowest BCUT2D eigenvalue weighted by molar-refractivity contribution is 0.238. The summed E-state index contributed by atoms with van der Waals surface area (Å²) in [4.78, 5) is 20.8. The molecule has 0 spiro atoms. The van der Waals surface area contributed by atoms with E-state index < -0.39 is 0 Å². The van der Waals surface area contributed by atoms with Gasteiger partial charge in [0.1, 0.15) is 5.75 Å². The number of aryl methyl sites for hydroxylation is 1. The van der Waals surface area contributed by atoms with Gasteiger partial charge in [-0.3, -0.25) is 14.7 Å². The largest absolute Gasteiger partial charge is 0.507 e. The Hall–Kier alpha value is -2.34. The topological polar surface area (TPSA) is 95.2 Å². The maximum Gasteiger partial charge on any atom is 0.257 e. The highest BCUT2D eigenvalue weighted by Gasteiger charge is 2.21. The van der Waals surface area contributed by atoms with E-state index in [1.165, 1.54) is 0 Å². The zero-order chi connectivity index (χ0) is 15.0. The van der Waals surface area contributed by atoms with Crippen LogP contribution in [-0.2, 0) is 19.5 Å². The molecule has 21 heavy (non-hydrogen) atoms. The second-order valence-electron chi connectivity index (χ2n) is 5.42. The number of hydrogen-bond acceptors (Lipinski definition) is 5. The molecule has 2 aromatic rings. The van der Waals surface area contributed by atoms with E-state index in [0.717, 1.165) is 23.4 Å². The molecule has 6 heteroatoms. The number of nitrogens with one attached hydrogen (secondary N) is 1. The van der Waals surface area contributed by atoms with Crippen molar-refractivity contribution in [3.8, 4) is 5.75 Å². The van der Waals surface area contributed by atoms with E-state index in [4.69, 9.17) is 5.73 Å². The number of aromatic amines is 1. The van der Waals surface area contributed by atoms with Crippen LogP contribution in [0.3, 0.4) is 0 Å². The van der Waals surface area contributed by atoms with Gasteiger partial charge in [-0.15, -0.1) is 0 Å². The molecule has 1 aromatic heterocycles. The summed E-state index contributed by atoms with van der Waals surface area (Å²) in [5.41, 5.74) is 8.57. The minimum atomic E-state index is -0.171. The van der Waals surface area contributed by atoms with Gasteiger partial charge in [0.25, 0.3) is 5.56 Å². The number of aromatic nitrogens is 2. The second-order valence-corrected chi connectivity index (χ2v) is 5.42. The molecular weight excluding hydrogens is 268 g/mol. The van der Waals surface area contributed by atoms with E-state index in [-0.39, 0.29) is 11.5 Å². The SMILES string of the molecule is Cc1cccc(CN2CCc3nc(N)[nH]c(=O)c3C2)c1O. The fraction of sp³-hybridized carbons (Fsp3) is 0.333. The first kappa shape index (κ1) is 13.6. The van der Waals surface area contributed by atoms with Gasteiger partial charge in [-0.2, -0.15) is 0 Å². The average molecular weight is 286 g/mol. The van der Waals surface area contributed by atoms with Crippen LogP contribution >= 0.6 is 0 Å². The molecule has 2 heterocycles. The van der Waals surface area contributed by atoms with Crippen molar-refractivity contribution >= 4 is 5.95 Å². The van der Waals surface area contributed by atoms with Gasteiger partial charge in [-0.1, -0.05) is 18.2 Å². The molecule has 0 aliphatic carbocycles. The third-order valence-corrected chi connectivity index (χ3v) is 3.88. The molecule has 3 rings (SSSR count). The van der Waals surface area contributed by atoms with Crippen molar-refractivity contribution in [2.24, 2.45) is 0 Å². The van der Waals surface area contributed by atoms with Crippen LogP contribution in [0.5, 0.6) is 5.75 Å². The van der Waals surface area contributed by atoms with Crippen molar-refractivity contribution in [2.45, 2.75) is 26.4 Å². The van der Waals surface area contributed by atoms with E-state index in [1.54, 1.807) is 0 Å². The summed E-state index contributed by atoms with van der Waals surface area (Å²) in [7, 11) is 0. The zero-order valence-corrected chi connectivity index (χ0v) is 11.9. The van der Waals surface area contributed by atoms with Crippen LogP contribution in [0.1, 0.15) is 22.4 Å². The van der Waals surface area contributed by atoms with Crippen molar-refractivity contribution in [1.29, 1.82) is 0 Å². The van der Waals surface area contributed by atoms with Crippen molar-refractivity contribution < 1.29 is 5.11 Å². The number of nitrogens with zero attached hydrogens (tertiary/aromatic N) is 2. The van der Waals surface area contributed by atoms with Crippen LogP contribution in [0.15, 0.2) is 23.0 Å². The molecule has 1 aliphatic rings. The van der Waals surface area contributed by atoms with Gasteiger partial charge in [0.15, 0.2) is 0 Å². The number of phenols is 1. The Morgan fingerprint density at radius 1 is 1.48 bits per heavy atom. The highest BCUT2D eigenvalue weighted by Crippen LogP contribution is 2.24. The Morgan fingerprint density at radius 3 is 3.10 bits per heavy atom. The van der Waals surface area contributed by atoms with Crippen LogP contribution in [0, 0.1) is 6.92 Å². The first-order valence-electron chi connectivity index (χ1n) is 6.92. The number of hydrogen-bond donors (Lipinski definition) is 3. The first-order chi connectivity index (χ1) is 10.0. The number of anilines is 1. The first-order valence-corrected chi connectivity index (χ1v) is 6.92. The molecule has 0 atom stereocenters. The van der Waals surface area contributed by atoms with E-state index in [0.29, 0.717) is 30.8 Å². The monoisotopic (exact) mass is 286 g/mol. The van der Waals surface area contributed by atoms with Gasteiger partial charge >= 0.3 is 0 Å². The fourth-order valence-corrected chi connectivity index (χ4v) is 2.72. The van der Waals surface area contributed by atoms with Crippen LogP contribution in [-0.4, -0.2) is 26.5 Å². The number of nitrogen functional groups attached to an aromatic ring is 1. The van der Waals surface area contributed by atoms with E-state index >= 15 is 0 Å². The number of para-hydroxylation sites is 1.